The van der Waals surface area contributed by atoms with Crippen molar-refractivity contribution in [3.05, 3.63) is 12.3 Å². The van der Waals surface area contributed by atoms with Gasteiger partial charge in [0.2, 0.25) is 0 Å². The standard InChI is InChI=1S/C17H31N3O/c1-16(2)11-14(12-17(3,4)20-16)19-15(21)18-10-9-13-7-5-6-8-13/h9-10,13-14,20H,5-8,11-12H2,1-4H3,(H2,18,19,21)/b10-9+. The Labute approximate surface area is 129 Å². The molecule has 0 atom stereocenters. The van der Waals surface area contributed by atoms with Gasteiger partial charge in [-0.2, -0.15) is 0 Å². The van der Waals surface area contributed by atoms with Crippen LogP contribution in [0.4, 0.5) is 4.79 Å². The van der Waals surface area contributed by atoms with Crippen LogP contribution < -0.4 is 16.0 Å². The molecule has 1 aliphatic carbocycles. The van der Waals surface area contributed by atoms with Crippen LogP contribution in [0.2, 0.25) is 0 Å². The first-order valence-corrected chi connectivity index (χ1v) is 8.29. The number of nitrogens with one attached hydrogen (secondary N) is 3. The number of urea groups is 1. The van der Waals surface area contributed by atoms with E-state index in [-0.39, 0.29) is 23.2 Å². The van der Waals surface area contributed by atoms with Gasteiger partial charge in [-0.3, -0.25) is 0 Å². The number of piperidine rings is 1. The molecule has 3 N–H and O–H groups in total. The lowest BCUT2D eigenvalue weighted by atomic mass is 9.80. The minimum Gasteiger partial charge on any atom is -0.335 e. The maximum atomic E-state index is 12.0. The summed E-state index contributed by atoms with van der Waals surface area (Å²) in [5.74, 6) is 0.655. The number of rotatable bonds is 3. The zero-order valence-electron chi connectivity index (χ0n) is 14.0. The Morgan fingerprint density at radius 2 is 1.67 bits per heavy atom. The molecule has 0 aromatic rings. The van der Waals surface area contributed by atoms with Gasteiger partial charge in [0.15, 0.2) is 0 Å². The molecule has 0 spiro atoms. The van der Waals surface area contributed by atoms with Gasteiger partial charge in [-0.25, -0.2) is 4.79 Å². The van der Waals surface area contributed by atoms with Crippen molar-refractivity contribution in [1.82, 2.24) is 16.0 Å². The first-order valence-electron chi connectivity index (χ1n) is 8.29. The van der Waals surface area contributed by atoms with Gasteiger partial charge in [0.1, 0.15) is 0 Å². The Hall–Kier alpha value is -1.03. The number of hydrogen-bond donors (Lipinski definition) is 3. The molecule has 0 bridgehead atoms. The van der Waals surface area contributed by atoms with E-state index in [0.29, 0.717) is 5.92 Å². The van der Waals surface area contributed by atoms with Crippen molar-refractivity contribution in [3.8, 4) is 0 Å². The van der Waals surface area contributed by atoms with Gasteiger partial charge < -0.3 is 16.0 Å². The molecule has 0 aromatic carbocycles. The summed E-state index contributed by atoms with van der Waals surface area (Å²) >= 11 is 0. The van der Waals surface area contributed by atoms with E-state index in [9.17, 15) is 4.79 Å². The SMILES string of the molecule is CC1(C)CC(NC(=O)N/C=C/C2CCCC2)CC(C)(C)N1. The summed E-state index contributed by atoms with van der Waals surface area (Å²) < 4.78 is 0. The average molecular weight is 293 g/mol. The van der Waals surface area contributed by atoms with Gasteiger partial charge in [-0.15, -0.1) is 0 Å². The molecular formula is C17H31N3O. The molecule has 1 heterocycles. The molecule has 2 aliphatic rings. The van der Waals surface area contributed by atoms with Crippen molar-refractivity contribution in [2.45, 2.75) is 83.3 Å². The van der Waals surface area contributed by atoms with Crippen molar-refractivity contribution in [3.63, 3.8) is 0 Å². The second-order valence-electron chi connectivity index (χ2n) is 8.02. The van der Waals surface area contributed by atoms with E-state index in [4.69, 9.17) is 0 Å². The van der Waals surface area contributed by atoms with Crippen LogP contribution in [0.15, 0.2) is 12.3 Å². The van der Waals surface area contributed by atoms with Crippen molar-refractivity contribution >= 4 is 6.03 Å². The predicted molar refractivity (Wildman–Crippen MR) is 87.1 cm³/mol. The molecule has 2 amide bonds. The van der Waals surface area contributed by atoms with Gasteiger partial charge in [0.05, 0.1) is 0 Å². The third-order valence-corrected chi connectivity index (χ3v) is 4.51. The van der Waals surface area contributed by atoms with E-state index >= 15 is 0 Å². The summed E-state index contributed by atoms with van der Waals surface area (Å²) in [6.07, 6.45) is 11.0. The summed E-state index contributed by atoms with van der Waals surface area (Å²) in [4.78, 5) is 12.0. The van der Waals surface area contributed by atoms with Crippen molar-refractivity contribution in [2.24, 2.45) is 5.92 Å². The quantitative estimate of drug-likeness (QED) is 0.748. The van der Waals surface area contributed by atoms with Crippen LogP contribution in [0.5, 0.6) is 0 Å². The molecule has 4 nitrogen and oxygen atoms in total. The summed E-state index contributed by atoms with van der Waals surface area (Å²) in [6.45, 7) is 8.78. The van der Waals surface area contributed by atoms with E-state index in [1.54, 1.807) is 0 Å². The van der Waals surface area contributed by atoms with Crippen LogP contribution in [-0.4, -0.2) is 23.2 Å². The monoisotopic (exact) mass is 293 g/mol. The normalized spacial score (nSPS) is 26.1. The molecule has 21 heavy (non-hydrogen) atoms. The number of carbonyl (C=O) groups is 1. The lowest BCUT2D eigenvalue weighted by Gasteiger charge is -2.46. The van der Waals surface area contributed by atoms with Crippen LogP contribution in [-0.2, 0) is 0 Å². The lowest BCUT2D eigenvalue weighted by Crippen LogP contribution is -2.62. The third kappa shape index (κ3) is 5.34. The second-order valence-corrected chi connectivity index (χ2v) is 8.02. The molecule has 0 aromatic heterocycles. The highest BCUT2D eigenvalue weighted by molar-refractivity contribution is 5.75. The van der Waals surface area contributed by atoms with E-state index in [0.717, 1.165) is 12.8 Å². The topological polar surface area (TPSA) is 53.2 Å². The largest absolute Gasteiger partial charge is 0.335 e. The Morgan fingerprint density at radius 3 is 2.24 bits per heavy atom. The van der Waals surface area contributed by atoms with Crippen LogP contribution >= 0.6 is 0 Å². The van der Waals surface area contributed by atoms with E-state index in [2.05, 4.69) is 49.7 Å². The Morgan fingerprint density at radius 1 is 1.10 bits per heavy atom. The highest BCUT2D eigenvalue weighted by Crippen LogP contribution is 2.28. The summed E-state index contributed by atoms with van der Waals surface area (Å²) in [7, 11) is 0. The van der Waals surface area contributed by atoms with Gasteiger partial charge in [-0.1, -0.05) is 18.9 Å². The predicted octanol–water partition coefficient (Wildman–Crippen LogP) is 3.30. The van der Waals surface area contributed by atoms with Crippen LogP contribution in [0, 0.1) is 5.92 Å². The number of carbonyl (C=O) groups excluding carboxylic acids is 1. The highest BCUT2D eigenvalue weighted by atomic mass is 16.2. The van der Waals surface area contributed by atoms with Crippen molar-refractivity contribution in [2.75, 3.05) is 0 Å². The minimum atomic E-state index is -0.0808. The first-order chi connectivity index (χ1) is 9.76. The summed E-state index contributed by atoms with van der Waals surface area (Å²) in [6, 6.07) is 0.138. The number of hydrogen-bond acceptors (Lipinski definition) is 2. The van der Waals surface area contributed by atoms with E-state index in [1.807, 2.05) is 6.20 Å². The maximum Gasteiger partial charge on any atom is 0.318 e. The summed E-state index contributed by atoms with van der Waals surface area (Å²) in [5, 5.41) is 9.60. The van der Waals surface area contributed by atoms with Gasteiger partial charge >= 0.3 is 6.03 Å². The smallest absolute Gasteiger partial charge is 0.318 e. The fraction of sp³-hybridized carbons (Fsp3) is 0.824. The number of allylic oxidation sites excluding steroid dienone is 1. The maximum absolute atomic E-state index is 12.0. The van der Waals surface area contributed by atoms with Crippen molar-refractivity contribution < 1.29 is 4.79 Å². The van der Waals surface area contributed by atoms with Crippen molar-refractivity contribution in [1.29, 1.82) is 0 Å². The third-order valence-electron chi connectivity index (χ3n) is 4.51. The molecule has 1 saturated heterocycles. The fourth-order valence-corrected chi connectivity index (χ4v) is 4.06. The van der Waals surface area contributed by atoms with Gasteiger partial charge in [-0.05, 0) is 59.3 Å². The molecule has 4 heteroatoms. The van der Waals surface area contributed by atoms with Crippen LogP contribution in [0.1, 0.15) is 66.2 Å². The molecule has 120 valence electrons. The molecule has 0 radical (unpaired) electrons. The highest BCUT2D eigenvalue weighted by Gasteiger charge is 2.38. The molecule has 2 fully saturated rings. The molecule has 1 aliphatic heterocycles. The first kappa shape index (κ1) is 16.3. The van der Waals surface area contributed by atoms with Crippen LogP contribution in [0.3, 0.4) is 0 Å². The molecule has 0 unspecified atom stereocenters. The zero-order chi connectivity index (χ0) is 15.5. The van der Waals surface area contributed by atoms with Crippen LogP contribution in [0.25, 0.3) is 0 Å². The Kier molecular flexibility index (Phi) is 4.97. The molecule has 1 saturated carbocycles. The minimum absolute atomic E-state index is 0.0549. The van der Waals surface area contributed by atoms with E-state index < -0.39 is 0 Å². The molecular weight excluding hydrogens is 262 g/mol. The zero-order valence-corrected chi connectivity index (χ0v) is 14.0. The van der Waals surface area contributed by atoms with Gasteiger partial charge in [0.25, 0.3) is 0 Å². The lowest BCUT2D eigenvalue weighted by molar-refractivity contribution is 0.148. The van der Waals surface area contributed by atoms with Gasteiger partial charge in [0, 0.05) is 23.3 Å². The summed E-state index contributed by atoms with van der Waals surface area (Å²) in [5.41, 5.74) is 0.110. The average Bonchev–Trinajstić information content (AvgIpc) is 2.77. The fourth-order valence-electron chi connectivity index (χ4n) is 4.06. The Balaban J connectivity index is 1.78. The Bertz CT molecular complexity index is 379. The van der Waals surface area contributed by atoms with E-state index in [1.165, 1.54) is 25.7 Å². The second kappa shape index (κ2) is 6.39. The number of amides is 2. The molecule has 2 rings (SSSR count).